The molecule has 26 heavy (non-hydrogen) atoms. The normalized spacial score (nSPS) is 11.6. The van der Waals surface area contributed by atoms with E-state index in [2.05, 4.69) is 10.2 Å². The first-order valence-electron chi connectivity index (χ1n) is 7.63. The summed E-state index contributed by atoms with van der Waals surface area (Å²) in [5.41, 5.74) is 5.34. The van der Waals surface area contributed by atoms with Crippen LogP contribution in [0.3, 0.4) is 0 Å². The quantitative estimate of drug-likeness (QED) is 0.313. The number of allylic oxidation sites excluding steroid dienone is 1. The number of carbonyl (C=O) groups is 2. The second-order valence-electron chi connectivity index (χ2n) is 5.07. The van der Waals surface area contributed by atoms with Gasteiger partial charge in [-0.05, 0) is 25.3 Å². The van der Waals surface area contributed by atoms with Crippen LogP contribution < -0.4 is 5.73 Å². The zero-order chi connectivity index (χ0) is 19.1. The number of ether oxygens (including phenoxy) is 1. The van der Waals surface area contributed by atoms with E-state index < -0.39 is 18.4 Å². The molecule has 2 rings (SSSR count). The van der Waals surface area contributed by atoms with Crippen LogP contribution in [0.15, 0.2) is 33.9 Å². The number of nitrogens with two attached hydrogens (primary N) is 1. The number of esters is 1. The molecule has 0 amide bonds. The fourth-order valence-electron chi connectivity index (χ4n) is 2.02. The molecule has 0 saturated carbocycles. The lowest BCUT2D eigenvalue weighted by Gasteiger charge is -2.06. The number of rotatable bonds is 8. The topological polar surface area (TPSA) is 124 Å². The van der Waals surface area contributed by atoms with E-state index in [4.69, 9.17) is 15.7 Å². The molecule has 0 bridgehead atoms. The van der Waals surface area contributed by atoms with Crippen molar-refractivity contribution in [2.45, 2.75) is 25.5 Å². The van der Waals surface area contributed by atoms with Crippen LogP contribution in [0.4, 0.5) is 0 Å². The Morgan fingerprint density at radius 2 is 2.23 bits per heavy atom. The van der Waals surface area contributed by atoms with Crippen molar-refractivity contribution < 1.29 is 14.3 Å². The Kier molecular flexibility index (Phi) is 6.94. The van der Waals surface area contributed by atoms with Crippen LogP contribution in [-0.2, 0) is 20.9 Å². The zero-order valence-corrected chi connectivity index (χ0v) is 15.9. The molecule has 0 unspecified atom stereocenters. The summed E-state index contributed by atoms with van der Waals surface area (Å²) in [6.45, 7) is 3.54. The maximum absolute atomic E-state index is 11.9. The predicted molar refractivity (Wildman–Crippen MR) is 98.2 cm³/mol. The molecule has 0 aliphatic carbocycles. The van der Waals surface area contributed by atoms with Gasteiger partial charge in [0.15, 0.2) is 17.6 Å². The Balaban J connectivity index is 1.93. The predicted octanol–water partition coefficient (Wildman–Crippen LogP) is 1.99. The number of carbonyl (C=O) groups excluding carboxylic acids is 2. The minimum Gasteiger partial charge on any atom is -0.457 e. The first kappa shape index (κ1) is 19.7. The van der Waals surface area contributed by atoms with Crippen LogP contribution in [0, 0.1) is 11.3 Å². The third-order valence-electron chi connectivity index (χ3n) is 3.24. The smallest absolute Gasteiger partial charge is 0.316 e. The van der Waals surface area contributed by atoms with Crippen LogP contribution in [0.25, 0.3) is 10.7 Å². The molecule has 0 radical (unpaired) electrons. The first-order valence-corrected chi connectivity index (χ1v) is 9.49. The van der Waals surface area contributed by atoms with Gasteiger partial charge in [-0.2, -0.15) is 5.26 Å². The molecule has 2 N–H and O–H groups in total. The molecule has 0 fully saturated rings. The van der Waals surface area contributed by atoms with E-state index in [0.29, 0.717) is 11.7 Å². The van der Waals surface area contributed by atoms with E-state index in [1.54, 1.807) is 17.4 Å². The number of Topliss-reactive ketones (excluding diaryl/α,β-unsaturated/α-hetero) is 1. The number of nitrogens with zero attached hydrogens (tertiary/aromatic N) is 4. The van der Waals surface area contributed by atoms with Crippen molar-refractivity contribution in [2.75, 3.05) is 12.4 Å². The van der Waals surface area contributed by atoms with Gasteiger partial charge in [-0.3, -0.25) is 9.59 Å². The fraction of sp³-hybridized carbons (Fsp3) is 0.312. The van der Waals surface area contributed by atoms with E-state index in [0.717, 1.165) is 10.7 Å². The number of ketones is 1. The monoisotopic (exact) mass is 391 g/mol. The molecular weight excluding hydrogens is 374 g/mol. The summed E-state index contributed by atoms with van der Waals surface area (Å²) < 4.78 is 6.81. The summed E-state index contributed by atoms with van der Waals surface area (Å²) >= 11 is 2.74. The second-order valence-corrected chi connectivity index (χ2v) is 6.96. The van der Waals surface area contributed by atoms with Crippen LogP contribution in [0.5, 0.6) is 0 Å². The number of aromatic nitrogens is 3. The molecule has 0 spiro atoms. The molecule has 0 saturated heterocycles. The second kappa shape index (κ2) is 9.17. The highest BCUT2D eigenvalue weighted by Crippen LogP contribution is 2.27. The summed E-state index contributed by atoms with van der Waals surface area (Å²) in [7, 11) is 0. The van der Waals surface area contributed by atoms with Gasteiger partial charge in [0, 0.05) is 12.2 Å². The highest BCUT2D eigenvalue weighted by Gasteiger charge is 2.17. The highest BCUT2D eigenvalue weighted by atomic mass is 32.2. The molecule has 2 aromatic rings. The summed E-state index contributed by atoms with van der Waals surface area (Å²) in [6.07, 6.45) is 0. The van der Waals surface area contributed by atoms with Crippen molar-refractivity contribution in [2.24, 2.45) is 5.73 Å². The van der Waals surface area contributed by atoms with Gasteiger partial charge in [-0.25, -0.2) is 0 Å². The maximum Gasteiger partial charge on any atom is 0.316 e. The van der Waals surface area contributed by atoms with Gasteiger partial charge in [0.05, 0.1) is 10.6 Å². The number of hydrogen-bond acceptors (Lipinski definition) is 9. The van der Waals surface area contributed by atoms with Gasteiger partial charge in [-0.1, -0.05) is 17.8 Å². The van der Waals surface area contributed by atoms with Crippen molar-refractivity contribution in [3.63, 3.8) is 0 Å². The van der Waals surface area contributed by atoms with Gasteiger partial charge in [0.25, 0.3) is 0 Å². The molecule has 0 aromatic carbocycles. The maximum atomic E-state index is 11.9. The van der Waals surface area contributed by atoms with E-state index >= 15 is 0 Å². The van der Waals surface area contributed by atoms with Crippen LogP contribution in [0.1, 0.15) is 13.8 Å². The van der Waals surface area contributed by atoms with Gasteiger partial charge in [0.2, 0.25) is 5.78 Å². The van der Waals surface area contributed by atoms with Crippen molar-refractivity contribution in [1.82, 2.24) is 14.8 Å². The van der Waals surface area contributed by atoms with E-state index in [-0.39, 0.29) is 17.0 Å². The molecule has 8 nitrogen and oxygen atoms in total. The fourth-order valence-corrected chi connectivity index (χ4v) is 3.54. The SMILES string of the molecule is CCn1c(SCC(=O)OCC(=O)/C(C#N)=C(\C)N)nnc1-c1cccs1. The van der Waals surface area contributed by atoms with E-state index in [1.165, 1.54) is 18.7 Å². The average Bonchev–Trinajstić information content (AvgIpc) is 3.27. The number of thiophene rings is 1. The minimum absolute atomic E-state index is 0.0247. The lowest BCUT2D eigenvalue weighted by molar-refractivity contribution is -0.144. The van der Waals surface area contributed by atoms with E-state index in [9.17, 15) is 9.59 Å². The molecule has 0 atom stereocenters. The van der Waals surface area contributed by atoms with Crippen molar-refractivity contribution in [3.05, 3.63) is 28.8 Å². The Morgan fingerprint density at radius 3 is 2.81 bits per heavy atom. The lowest BCUT2D eigenvalue weighted by Crippen LogP contribution is -2.18. The van der Waals surface area contributed by atoms with Gasteiger partial charge in [-0.15, -0.1) is 21.5 Å². The van der Waals surface area contributed by atoms with Crippen molar-refractivity contribution in [1.29, 1.82) is 5.26 Å². The zero-order valence-electron chi connectivity index (χ0n) is 14.3. The molecule has 0 aliphatic rings. The molecule has 136 valence electrons. The summed E-state index contributed by atoms with van der Waals surface area (Å²) in [5.74, 6) is -0.486. The molecule has 2 aromatic heterocycles. The Labute approximate surface area is 158 Å². The third kappa shape index (κ3) is 4.71. The summed E-state index contributed by atoms with van der Waals surface area (Å²) in [4.78, 5) is 24.6. The summed E-state index contributed by atoms with van der Waals surface area (Å²) in [5, 5.41) is 19.7. The minimum atomic E-state index is -0.623. The third-order valence-corrected chi connectivity index (χ3v) is 5.05. The lowest BCUT2D eigenvalue weighted by atomic mass is 10.1. The molecule has 0 aliphatic heterocycles. The summed E-state index contributed by atoms with van der Waals surface area (Å²) in [6, 6.07) is 5.59. The van der Waals surface area contributed by atoms with Crippen LogP contribution >= 0.6 is 23.1 Å². The number of nitriles is 1. The largest absolute Gasteiger partial charge is 0.457 e. The van der Waals surface area contributed by atoms with Crippen molar-refractivity contribution >= 4 is 34.9 Å². The molecule has 10 heteroatoms. The van der Waals surface area contributed by atoms with Gasteiger partial charge >= 0.3 is 5.97 Å². The Hall–Kier alpha value is -2.64. The number of hydrogen-bond donors (Lipinski definition) is 1. The molecular formula is C16H17N5O3S2. The number of thioether (sulfide) groups is 1. The first-order chi connectivity index (χ1) is 12.5. The Morgan fingerprint density at radius 1 is 1.46 bits per heavy atom. The highest BCUT2D eigenvalue weighted by molar-refractivity contribution is 7.99. The van der Waals surface area contributed by atoms with E-state index in [1.807, 2.05) is 29.0 Å². The Bertz CT molecular complexity index is 861. The standard InChI is InChI=1S/C16H17N5O3S2/c1-3-21-15(13-5-4-6-25-13)19-20-16(21)26-9-14(23)24-8-12(22)11(7-17)10(2)18/h4-6H,3,8-9,18H2,1-2H3/b11-10+. The van der Waals surface area contributed by atoms with Gasteiger partial charge < -0.3 is 15.0 Å². The average molecular weight is 391 g/mol. The van der Waals surface area contributed by atoms with Gasteiger partial charge in [0.1, 0.15) is 11.6 Å². The van der Waals surface area contributed by atoms with Crippen LogP contribution in [-0.4, -0.2) is 38.9 Å². The molecule has 2 heterocycles. The van der Waals surface area contributed by atoms with Crippen molar-refractivity contribution in [3.8, 4) is 16.8 Å². The van der Waals surface area contributed by atoms with Crippen LogP contribution in [0.2, 0.25) is 0 Å².